The zero-order valence-electron chi connectivity index (χ0n) is 18.7. The predicted molar refractivity (Wildman–Crippen MR) is 121 cm³/mol. The summed E-state index contributed by atoms with van der Waals surface area (Å²) in [5.74, 6) is -2.43. The monoisotopic (exact) mass is 464 g/mol. The maximum absolute atomic E-state index is 12.6. The molecule has 4 rings (SSSR count). The number of carboxylic acid groups (broad SMARTS) is 1. The number of carboxylic acids is 1. The van der Waals surface area contributed by atoms with Gasteiger partial charge in [-0.2, -0.15) is 0 Å². The van der Waals surface area contributed by atoms with Crippen LogP contribution < -0.4 is 10.6 Å². The summed E-state index contributed by atoms with van der Waals surface area (Å²) in [6, 6.07) is 15.9. The molecule has 3 aromatic rings. The topological polar surface area (TPSA) is 144 Å². The number of aliphatic carboxylic acids is 1. The first-order valence-corrected chi connectivity index (χ1v) is 10.8. The third-order valence-corrected chi connectivity index (χ3v) is 5.88. The quantitative estimate of drug-likeness (QED) is 0.457. The van der Waals surface area contributed by atoms with Crippen LogP contribution in [0.1, 0.15) is 54.2 Å². The standard InChI is InChI=1S/C24H24N4O6/c1-3-12-24(2,22(30)31)26-21(29)19-20(28-34-27-19)25-23(32)33-13-18-16-10-6-4-8-14(16)15-9-5-7-11-17(15)18/h4-11,18H,3,12-13H2,1-2H3,(H,26,29)(H,30,31)(H,25,28,32). The molecule has 1 aromatic heterocycles. The molecule has 1 unspecified atom stereocenters. The maximum atomic E-state index is 12.6. The summed E-state index contributed by atoms with van der Waals surface area (Å²) >= 11 is 0. The van der Waals surface area contributed by atoms with Crippen LogP contribution >= 0.6 is 0 Å². The van der Waals surface area contributed by atoms with E-state index in [4.69, 9.17) is 4.74 Å². The molecule has 0 bridgehead atoms. The molecule has 3 N–H and O–H groups in total. The highest BCUT2D eigenvalue weighted by Gasteiger charge is 2.36. The van der Waals surface area contributed by atoms with Gasteiger partial charge in [0.05, 0.1) is 0 Å². The Morgan fingerprint density at radius 2 is 1.68 bits per heavy atom. The van der Waals surface area contributed by atoms with E-state index >= 15 is 0 Å². The van der Waals surface area contributed by atoms with Gasteiger partial charge in [0.2, 0.25) is 11.5 Å². The molecule has 10 heteroatoms. The molecule has 2 amide bonds. The lowest BCUT2D eigenvalue weighted by Gasteiger charge is -2.25. The van der Waals surface area contributed by atoms with Crippen molar-refractivity contribution in [2.45, 2.75) is 38.1 Å². The van der Waals surface area contributed by atoms with Crippen molar-refractivity contribution in [3.63, 3.8) is 0 Å². The van der Waals surface area contributed by atoms with Gasteiger partial charge in [0.1, 0.15) is 12.1 Å². The number of ether oxygens (including phenoxy) is 1. The van der Waals surface area contributed by atoms with Gasteiger partial charge >= 0.3 is 12.1 Å². The Balaban J connectivity index is 1.43. The molecule has 0 aliphatic heterocycles. The van der Waals surface area contributed by atoms with Crippen LogP contribution in [-0.4, -0.2) is 45.5 Å². The van der Waals surface area contributed by atoms with Crippen LogP contribution in [0.3, 0.4) is 0 Å². The molecule has 0 fully saturated rings. The second-order valence-corrected chi connectivity index (χ2v) is 8.25. The highest BCUT2D eigenvalue weighted by atomic mass is 16.6. The number of rotatable bonds is 8. The van der Waals surface area contributed by atoms with Gasteiger partial charge in [0, 0.05) is 5.92 Å². The Bertz CT molecular complexity index is 1190. The molecular weight excluding hydrogens is 440 g/mol. The molecule has 34 heavy (non-hydrogen) atoms. The molecule has 2 aromatic carbocycles. The molecule has 1 heterocycles. The van der Waals surface area contributed by atoms with Crippen molar-refractivity contribution in [3.05, 3.63) is 65.4 Å². The van der Waals surface area contributed by atoms with E-state index in [-0.39, 0.29) is 30.5 Å². The first-order chi connectivity index (χ1) is 16.3. The average molecular weight is 464 g/mol. The Hall–Kier alpha value is -4.21. The predicted octanol–water partition coefficient (Wildman–Crippen LogP) is 3.80. The van der Waals surface area contributed by atoms with E-state index < -0.39 is 23.5 Å². The number of hydrogen-bond acceptors (Lipinski definition) is 7. The van der Waals surface area contributed by atoms with E-state index in [1.165, 1.54) is 6.92 Å². The van der Waals surface area contributed by atoms with Gasteiger partial charge in [-0.15, -0.1) is 0 Å². The summed E-state index contributed by atoms with van der Waals surface area (Å²) in [7, 11) is 0. The molecule has 1 aliphatic carbocycles. The minimum Gasteiger partial charge on any atom is -0.480 e. The minimum atomic E-state index is -1.51. The van der Waals surface area contributed by atoms with Crippen molar-refractivity contribution < 1.29 is 28.9 Å². The zero-order valence-corrected chi connectivity index (χ0v) is 18.7. The molecule has 0 radical (unpaired) electrons. The van der Waals surface area contributed by atoms with Gasteiger partial charge < -0.3 is 15.2 Å². The lowest BCUT2D eigenvalue weighted by atomic mass is 9.96. The first kappa shape index (κ1) is 23.0. The van der Waals surface area contributed by atoms with Crippen molar-refractivity contribution in [1.82, 2.24) is 15.6 Å². The smallest absolute Gasteiger partial charge is 0.412 e. The first-order valence-electron chi connectivity index (χ1n) is 10.8. The van der Waals surface area contributed by atoms with Crippen LogP contribution in [0.15, 0.2) is 53.2 Å². The van der Waals surface area contributed by atoms with Gasteiger partial charge in [0.15, 0.2) is 0 Å². The Morgan fingerprint density at radius 1 is 1.06 bits per heavy atom. The minimum absolute atomic E-state index is 0.0697. The van der Waals surface area contributed by atoms with Crippen molar-refractivity contribution in [3.8, 4) is 11.1 Å². The van der Waals surface area contributed by atoms with Crippen LogP contribution in [0.2, 0.25) is 0 Å². The van der Waals surface area contributed by atoms with E-state index in [9.17, 15) is 19.5 Å². The number of nitrogens with one attached hydrogen (secondary N) is 2. The number of carbonyl (C=O) groups is 3. The highest BCUT2D eigenvalue weighted by Crippen LogP contribution is 2.44. The summed E-state index contributed by atoms with van der Waals surface area (Å²) in [5.41, 5.74) is 2.45. The van der Waals surface area contributed by atoms with Crippen molar-refractivity contribution in [2.75, 3.05) is 11.9 Å². The number of anilines is 1. The Morgan fingerprint density at radius 3 is 2.26 bits per heavy atom. The number of fused-ring (bicyclic) bond motifs is 3. The Labute approximate surface area is 195 Å². The van der Waals surface area contributed by atoms with Gasteiger partial charge in [-0.3, -0.25) is 10.1 Å². The number of nitrogens with zero attached hydrogens (tertiary/aromatic N) is 2. The average Bonchev–Trinajstić information content (AvgIpc) is 3.40. The second-order valence-electron chi connectivity index (χ2n) is 8.25. The van der Waals surface area contributed by atoms with E-state index in [0.717, 1.165) is 22.3 Å². The van der Waals surface area contributed by atoms with E-state index in [1.54, 1.807) is 6.92 Å². The van der Waals surface area contributed by atoms with Crippen molar-refractivity contribution in [2.24, 2.45) is 0 Å². The number of benzene rings is 2. The second kappa shape index (κ2) is 9.34. The van der Waals surface area contributed by atoms with E-state index in [2.05, 4.69) is 25.6 Å². The normalized spacial score (nSPS) is 13.9. The molecule has 1 atom stereocenters. The lowest BCUT2D eigenvalue weighted by Crippen LogP contribution is -2.52. The molecule has 0 spiro atoms. The van der Waals surface area contributed by atoms with Gasteiger partial charge in [-0.1, -0.05) is 61.9 Å². The fraction of sp³-hybridized carbons (Fsp3) is 0.292. The number of carbonyl (C=O) groups excluding carboxylic acids is 2. The highest BCUT2D eigenvalue weighted by molar-refractivity contribution is 6.01. The molecule has 176 valence electrons. The van der Waals surface area contributed by atoms with Gasteiger partial charge in [-0.05, 0) is 45.9 Å². The molecular formula is C24H24N4O6. The fourth-order valence-electron chi connectivity index (χ4n) is 4.18. The molecule has 1 aliphatic rings. The van der Waals surface area contributed by atoms with Crippen LogP contribution in [0.5, 0.6) is 0 Å². The van der Waals surface area contributed by atoms with Crippen LogP contribution in [0, 0.1) is 0 Å². The fourth-order valence-corrected chi connectivity index (χ4v) is 4.18. The van der Waals surface area contributed by atoms with Gasteiger partial charge in [-0.25, -0.2) is 14.2 Å². The maximum Gasteiger partial charge on any atom is 0.412 e. The zero-order chi connectivity index (χ0) is 24.3. The third-order valence-electron chi connectivity index (χ3n) is 5.88. The van der Waals surface area contributed by atoms with Crippen LogP contribution in [0.4, 0.5) is 10.6 Å². The number of hydrogen-bond donors (Lipinski definition) is 3. The summed E-state index contributed by atoms with van der Waals surface area (Å²) in [4.78, 5) is 36.7. The summed E-state index contributed by atoms with van der Waals surface area (Å²) < 4.78 is 10.0. The molecule has 0 saturated heterocycles. The number of aromatic nitrogens is 2. The number of amides is 2. The van der Waals surface area contributed by atoms with Gasteiger partial charge in [0.25, 0.3) is 5.91 Å². The molecule has 0 saturated carbocycles. The van der Waals surface area contributed by atoms with Crippen LogP contribution in [0.25, 0.3) is 11.1 Å². The molecule has 10 nitrogen and oxygen atoms in total. The summed E-state index contributed by atoms with van der Waals surface area (Å²) in [6.07, 6.45) is -0.111. The Kier molecular flexibility index (Phi) is 6.31. The SMILES string of the molecule is CCCC(C)(NC(=O)c1nonc1NC(=O)OCC1c2ccccc2-c2ccccc21)C(=O)O. The lowest BCUT2D eigenvalue weighted by molar-refractivity contribution is -0.144. The van der Waals surface area contributed by atoms with E-state index in [1.807, 2.05) is 48.5 Å². The van der Waals surface area contributed by atoms with Crippen molar-refractivity contribution in [1.29, 1.82) is 0 Å². The summed E-state index contributed by atoms with van der Waals surface area (Å²) in [5, 5.41) is 21.3. The largest absolute Gasteiger partial charge is 0.480 e. The third kappa shape index (κ3) is 4.34. The van der Waals surface area contributed by atoms with E-state index in [0.29, 0.717) is 6.42 Å². The van der Waals surface area contributed by atoms with Crippen molar-refractivity contribution >= 4 is 23.8 Å². The van der Waals surface area contributed by atoms with Crippen LogP contribution in [-0.2, 0) is 9.53 Å². The summed E-state index contributed by atoms with van der Waals surface area (Å²) in [6.45, 7) is 3.26.